The zero-order valence-electron chi connectivity index (χ0n) is 11.4. The first-order valence-electron chi connectivity index (χ1n) is 6.86. The highest BCUT2D eigenvalue weighted by Gasteiger charge is 2.20. The van der Waals surface area contributed by atoms with Gasteiger partial charge in [0.05, 0.1) is 30.3 Å². The molecule has 1 fully saturated rings. The number of morpholine rings is 1. The van der Waals surface area contributed by atoms with Crippen LogP contribution in [-0.2, 0) is 11.3 Å². The van der Waals surface area contributed by atoms with E-state index in [4.69, 9.17) is 10.5 Å². The SMILES string of the molecule is NCC1CN(Cc2cnn(-c3ccccc3)n2)CCO1. The molecular formula is C14H19N5O. The Hall–Kier alpha value is -1.76. The molecule has 20 heavy (non-hydrogen) atoms. The van der Waals surface area contributed by atoms with Gasteiger partial charge in [-0.2, -0.15) is 15.0 Å². The Kier molecular flexibility index (Phi) is 4.05. The number of para-hydroxylation sites is 1. The van der Waals surface area contributed by atoms with Crippen molar-refractivity contribution in [3.8, 4) is 5.69 Å². The smallest absolute Gasteiger partial charge is 0.0971 e. The van der Waals surface area contributed by atoms with Crippen LogP contribution in [0.2, 0.25) is 0 Å². The van der Waals surface area contributed by atoms with Gasteiger partial charge >= 0.3 is 0 Å². The second kappa shape index (κ2) is 6.13. The summed E-state index contributed by atoms with van der Waals surface area (Å²) in [6.07, 6.45) is 1.95. The van der Waals surface area contributed by atoms with E-state index in [1.165, 1.54) is 0 Å². The molecular weight excluding hydrogens is 254 g/mol. The number of hydrogen-bond acceptors (Lipinski definition) is 5. The van der Waals surface area contributed by atoms with Crippen LogP contribution in [0.1, 0.15) is 5.69 Å². The minimum atomic E-state index is 0.132. The Labute approximate surface area is 118 Å². The molecule has 1 aromatic heterocycles. The van der Waals surface area contributed by atoms with Gasteiger partial charge in [0, 0.05) is 26.2 Å². The summed E-state index contributed by atoms with van der Waals surface area (Å²) in [5, 5.41) is 8.83. The Morgan fingerprint density at radius 1 is 1.30 bits per heavy atom. The van der Waals surface area contributed by atoms with E-state index in [1.807, 2.05) is 36.5 Å². The second-order valence-corrected chi connectivity index (χ2v) is 4.92. The molecule has 3 rings (SSSR count). The highest BCUT2D eigenvalue weighted by atomic mass is 16.5. The average Bonchev–Trinajstić information content (AvgIpc) is 2.97. The number of rotatable bonds is 4. The van der Waals surface area contributed by atoms with E-state index in [0.717, 1.165) is 37.6 Å². The van der Waals surface area contributed by atoms with Gasteiger partial charge in [-0.05, 0) is 12.1 Å². The summed E-state index contributed by atoms with van der Waals surface area (Å²) in [7, 11) is 0. The molecule has 2 N–H and O–H groups in total. The third-order valence-electron chi connectivity index (χ3n) is 3.40. The van der Waals surface area contributed by atoms with Crippen LogP contribution in [0.25, 0.3) is 5.69 Å². The molecule has 0 amide bonds. The molecule has 106 valence electrons. The highest BCUT2D eigenvalue weighted by Crippen LogP contribution is 2.09. The van der Waals surface area contributed by atoms with Crippen molar-refractivity contribution in [3.63, 3.8) is 0 Å². The van der Waals surface area contributed by atoms with Crippen molar-refractivity contribution < 1.29 is 4.74 Å². The Morgan fingerprint density at radius 3 is 2.95 bits per heavy atom. The Bertz CT molecular complexity index is 542. The van der Waals surface area contributed by atoms with E-state index >= 15 is 0 Å². The van der Waals surface area contributed by atoms with Crippen molar-refractivity contribution in [2.45, 2.75) is 12.6 Å². The molecule has 0 spiro atoms. The molecule has 2 aromatic rings. The quantitative estimate of drug-likeness (QED) is 0.874. The van der Waals surface area contributed by atoms with Gasteiger partial charge in [-0.15, -0.1) is 0 Å². The normalized spacial score (nSPS) is 20.1. The minimum absolute atomic E-state index is 0.132. The van der Waals surface area contributed by atoms with Crippen LogP contribution in [0.15, 0.2) is 36.5 Å². The summed E-state index contributed by atoms with van der Waals surface area (Å²) < 4.78 is 5.56. The molecule has 2 heterocycles. The molecule has 6 nitrogen and oxygen atoms in total. The minimum Gasteiger partial charge on any atom is -0.374 e. The van der Waals surface area contributed by atoms with E-state index < -0.39 is 0 Å². The predicted molar refractivity (Wildman–Crippen MR) is 75.4 cm³/mol. The maximum atomic E-state index is 5.66. The lowest BCUT2D eigenvalue weighted by Gasteiger charge is -2.31. The van der Waals surface area contributed by atoms with Crippen LogP contribution in [-0.4, -0.2) is 52.2 Å². The fourth-order valence-electron chi connectivity index (χ4n) is 2.35. The maximum Gasteiger partial charge on any atom is 0.0971 e. The number of hydrogen-bond donors (Lipinski definition) is 1. The Balaban J connectivity index is 1.65. The lowest BCUT2D eigenvalue weighted by atomic mass is 10.2. The third-order valence-corrected chi connectivity index (χ3v) is 3.40. The van der Waals surface area contributed by atoms with Crippen molar-refractivity contribution in [3.05, 3.63) is 42.2 Å². The number of nitrogens with zero attached hydrogens (tertiary/aromatic N) is 4. The summed E-state index contributed by atoms with van der Waals surface area (Å²) >= 11 is 0. The molecule has 1 saturated heterocycles. The van der Waals surface area contributed by atoms with E-state index in [-0.39, 0.29) is 6.10 Å². The zero-order chi connectivity index (χ0) is 13.8. The molecule has 1 aliphatic heterocycles. The van der Waals surface area contributed by atoms with Gasteiger partial charge in [-0.3, -0.25) is 4.90 Å². The van der Waals surface area contributed by atoms with Crippen molar-refractivity contribution in [1.29, 1.82) is 0 Å². The van der Waals surface area contributed by atoms with Crippen molar-refractivity contribution >= 4 is 0 Å². The van der Waals surface area contributed by atoms with E-state index in [0.29, 0.717) is 6.54 Å². The van der Waals surface area contributed by atoms with Crippen molar-refractivity contribution in [2.75, 3.05) is 26.2 Å². The topological polar surface area (TPSA) is 69.2 Å². The molecule has 0 saturated carbocycles. The number of benzene rings is 1. The predicted octanol–water partition coefficient (Wildman–Crippen LogP) is 0.427. The second-order valence-electron chi connectivity index (χ2n) is 4.92. The first-order valence-corrected chi connectivity index (χ1v) is 6.86. The van der Waals surface area contributed by atoms with Crippen LogP contribution in [0, 0.1) is 0 Å². The van der Waals surface area contributed by atoms with E-state index in [1.54, 1.807) is 4.80 Å². The number of aromatic nitrogens is 3. The van der Waals surface area contributed by atoms with Crippen molar-refractivity contribution in [1.82, 2.24) is 19.9 Å². The van der Waals surface area contributed by atoms with Gasteiger partial charge in [-0.25, -0.2) is 0 Å². The van der Waals surface area contributed by atoms with Gasteiger partial charge in [0.2, 0.25) is 0 Å². The van der Waals surface area contributed by atoms with Gasteiger partial charge in [0.1, 0.15) is 0 Å². The molecule has 0 bridgehead atoms. The van der Waals surface area contributed by atoms with Crippen LogP contribution in [0.3, 0.4) is 0 Å². The maximum absolute atomic E-state index is 5.66. The standard InChI is InChI=1S/C14H19N5O/c15-8-14-11-18(6-7-20-14)10-12-9-16-19(17-12)13-4-2-1-3-5-13/h1-5,9,14H,6-8,10-11,15H2. The summed E-state index contributed by atoms with van der Waals surface area (Å²) in [6.45, 7) is 3.85. The van der Waals surface area contributed by atoms with Crippen LogP contribution in [0.5, 0.6) is 0 Å². The first-order chi connectivity index (χ1) is 9.85. The van der Waals surface area contributed by atoms with E-state index in [9.17, 15) is 0 Å². The number of ether oxygens (including phenoxy) is 1. The molecule has 6 heteroatoms. The van der Waals surface area contributed by atoms with Gasteiger partial charge in [0.25, 0.3) is 0 Å². The highest BCUT2D eigenvalue weighted by molar-refractivity contribution is 5.28. The monoisotopic (exact) mass is 273 g/mol. The fourth-order valence-corrected chi connectivity index (χ4v) is 2.35. The van der Waals surface area contributed by atoms with Crippen LogP contribution >= 0.6 is 0 Å². The molecule has 1 aliphatic rings. The average molecular weight is 273 g/mol. The van der Waals surface area contributed by atoms with Crippen LogP contribution < -0.4 is 5.73 Å². The fraction of sp³-hybridized carbons (Fsp3) is 0.429. The molecule has 1 aromatic carbocycles. The summed E-state index contributed by atoms with van der Waals surface area (Å²) in [5.41, 5.74) is 7.59. The van der Waals surface area contributed by atoms with Gasteiger partial charge < -0.3 is 10.5 Å². The van der Waals surface area contributed by atoms with Gasteiger partial charge in [-0.1, -0.05) is 18.2 Å². The number of nitrogens with two attached hydrogens (primary N) is 1. The Morgan fingerprint density at radius 2 is 2.15 bits per heavy atom. The molecule has 0 radical (unpaired) electrons. The summed E-state index contributed by atoms with van der Waals surface area (Å²) in [5.74, 6) is 0. The molecule has 0 aliphatic carbocycles. The largest absolute Gasteiger partial charge is 0.374 e. The third kappa shape index (κ3) is 3.04. The lowest BCUT2D eigenvalue weighted by molar-refractivity contribution is -0.0264. The van der Waals surface area contributed by atoms with Crippen LogP contribution in [0.4, 0.5) is 0 Å². The van der Waals surface area contributed by atoms with E-state index in [2.05, 4.69) is 15.1 Å². The molecule has 1 atom stereocenters. The first kappa shape index (κ1) is 13.2. The summed E-state index contributed by atoms with van der Waals surface area (Å²) in [4.78, 5) is 3.97. The van der Waals surface area contributed by atoms with Gasteiger partial charge in [0.15, 0.2) is 0 Å². The molecule has 1 unspecified atom stereocenters. The summed E-state index contributed by atoms with van der Waals surface area (Å²) in [6, 6.07) is 9.92. The lowest BCUT2D eigenvalue weighted by Crippen LogP contribution is -2.45. The van der Waals surface area contributed by atoms with Crippen molar-refractivity contribution in [2.24, 2.45) is 5.73 Å². The zero-order valence-corrected chi connectivity index (χ0v) is 11.4.